The number of aromatic nitrogens is 2. The van der Waals surface area contributed by atoms with Crippen LogP contribution in [0.1, 0.15) is 78.7 Å². The van der Waals surface area contributed by atoms with Crippen LogP contribution < -0.4 is 10.8 Å². The Hall–Kier alpha value is -3.32. The van der Waals surface area contributed by atoms with Gasteiger partial charge in [0.15, 0.2) is 16.9 Å². The minimum Gasteiger partial charge on any atom is -0.548 e. The number of benzene rings is 1. The van der Waals surface area contributed by atoms with Crippen LogP contribution >= 0.6 is 11.1 Å². The van der Waals surface area contributed by atoms with Crippen LogP contribution in [0.3, 0.4) is 0 Å². The lowest BCUT2D eigenvalue weighted by Crippen LogP contribution is -2.25. The summed E-state index contributed by atoms with van der Waals surface area (Å²) in [6.45, 7) is 4.10. The normalized spacial score (nSPS) is 16.3. The quantitative estimate of drug-likeness (QED) is 0.248. The van der Waals surface area contributed by atoms with Gasteiger partial charge in [-0.2, -0.15) is 13.2 Å². The van der Waals surface area contributed by atoms with Gasteiger partial charge in [-0.05, 0) is 48.4 Å². The van der Waals surface area contributed by atoms with Crippen molar-refractivity contribution in [2.75, 3.05) is 19.4 Å². The predicted octanol–water partition coefficient (Wildman–Crippen LogP) is 5.86. The van der Waals surface area contributed by atoms with Gasteiger partial charge < -0.3 is 24.3 Å². The van der Waals surface area contributed by atoms with Crippen molar-refractivity contribution in [2.45, 2.75) is 57.7 Å². The van der Waals surface area contributed by atoms with E-state index in [1.165, 1.54) is 14.1 Å². The smallest absolute Gasteiger partial charge is 0.417 e. The highest BCUT2D eigenvalue weighted by Gasteiger charge is 2.38. The molecular weight excluding hydrogens is 523 g/mol. The molecule has 38 heavy (non-hydrogen) atoms. The zero-order valence-corrected chi connectivity index (χ0v) is 22.2. The number of aromatic amines is 1. The van der Waals surface area contributed by atoms with E-state index in [0.717, 1.165) is 42.2 Å². The Kier molecular flexibility index (Phi) is 7.88. The van der Waals surface area contributed by atoms with Gasteiger partial charge in [-0.3, -0.25) is 4.79 Å². The van der Waals surface area contributed by atoms with Crippen molar-refractivity contribution in [1.82, 2.24) is 13.6 Å². The van der Waals surface area contributed by atoms with Crippen LogP contribution in [0.15, 0.2) is 33.9 Å². The number of nitrogens with one attached hydrogen (secondary N) is 2. The van der Waals surface area contributed by atoms with Gasteiger partial charge in [-0.1, -0.05) is 26.7 Å². The van der Waals surface area contributed by atoms with Crippen LogP contribution in [0.2, 0.25) is 0 Å². The number of carbonyl (C=O) groups excluding carboxylic acids is 1. The number of aromatic hydroxyl groups is 1. The summed E-state index contributed by atoms with van der Waals surface area (Å²) in [5.74, 6) is -0.888. The molecule has 1 fully saturated rings. The molecule has 13 heteroatoms. The molecule has 1 saturated carbocycles. The van der Waals surface area contributed by atoms with Crippen LogP contribution in [0.4, 0.5) is 24.7 Å². The third-order valence-corrected chi connectivity index (χ3v) is 7.37. The van der Waals surface area contributed by atoms with Crippen molar-refractivity contribution in [2.24, 2.45) is 10.9 Å². The zero-order chi connectivity index (χ0) is 27.8. The van der Waals surface area contributed by atoms with E-state index >= 15 is 0 Å². The summed E-state index contributed by atoms with van der Waals surface area (Å²) in [5, 5.41) is 13.5. The summed E-state index contributed by atoms with van der Waals surface area (Å²) in [6.07, 6.45) is 0.771. The number of phenols is 1. The molecule has 9 nitrogen and oxygen atoms in total. The van der Waals surface area contributed by atoms with E-state index in [0.29, 0.717) is 11.8 Å². The van der Waals surface area contributed by atoms with Crippen molar-refractivity contribution in [3.63, 3.8) is 0 Å². The van der Waals surface area contributed by atoms with Gasteiger partial charge in [0.05, 0.1) is 23.1 Å². The van der Waals surface area contributed by atoms with Crippen LogP contribution in [0, 0.1) is 5.92 Å². The number of nitrogens with zero attached hydrogens (tertiary/aromatic N) is 3. The number of furan rings is 1. The summed E-state index contributed by atoms with van der Waals surface area (Å²) >= 11 is -1.90. The van der Waals surface area contributed by atoms with Gasteiger partial charge in [-0.25, -0.2) is 4.99 Å². The largest absolute Gasteiger partial charge is 0.548 e. The lowest BCUT2D eigenvalue weighted by atomic mass is 9.95. The molecule has 3 aromatic rings. The second-order valence-electron chi connectivity index (χ2n) is 9.90. The third kappa shape index (κ3) is 5.73. The number of amides is 1. The Bertz CT molecular complexity index is 1370. The average molecular weight is 554 g/mol. The number of halogens is 3. The maximum Gasteiger partial charge on any atom is 0.417 e. The highest BCUT2D eigenvalue weighted by atomic mass is 32.2. The van der Waals surface area contributed by atoms with Gasteiger partial charge in [0.25, 0.3) is 5.91 Å². The first-order valence-electron chi connectivity index (χ1n) is 12.2. The summed E-state index contributed by atoms with van der Waals surface area (Å²) in [5.41, 5.74) is -1.26. The van der Waals surface area contributed by atoms with Gasteiger partial charge in [0.1, 0.15) is 11.8 Å². The molecule has 2 atom stereocenters. The number of anilines is 2. The molecule has 0 aliphatic heterocycles. The fourth-order valence-corrected chi connectivity index (χ4v) is 5.24. The second-order valence-corrected chi connectivity index (χ2v) is 10.8. The fourth-order valence-electron chi connectivity index (χ4n) is 4.59. The molecule has 1 aliphatic rings. The Morgan fingerprint density at radius 1 is 1.32 bits per heavy atom. The predicted molar refractivity (Wildman–Crippen MR) is 135 cm³/mol. The summed E-state index contributed by atoms with van der Waals surface area (Å²) < 4.78 is 65.6. The number of H-pyrrole nitrogens is 1. The van der Waals surface area contributed by atoms with Crippen LogP contribution in [0.5, 0.6) is 5.75 Å². The molecule has 1 amide bonds. The maximum atomic E-state index is 13.6. The summed E-state index contributed by atoms with van der Waals surface area (Å²) in [6, 6.07) is 3.24. The first-order valence-corrected chi connectivity index (χ1v) is 13.3. The first-order chi connectivity index (χ1) is 17.9. The van der Waals surface area contributed by atoms with Crippen LogP contribution in [-0.2, 0) is 6.18 Å². The van der Waals surface area contributed by atoms with Gasteiger partial charge in [-0.15, -0.1) is 4.37 Å². The number of hydrogen-bond donors (Lipinski definition) is 3. The Balaban J connectivity index is 1.78. The summed E-state index contributed by atoms with van der Waals surface area (Å²) in [4.78, 5) is 18.3. The minimum absolute atomic E-state index is 0.0414. The van der Waals surface area contributed by atoms with E-state index in [1.54, 1.807) is 6.26 Å². The average Bonchev–Trinajstić information content (AvgIpc) is 3.59. The molecule has 0 bridgehead atoms. The molecule has 0 saturated heterocycles. The molecule has 2 heterocycles. The Labute approximate surface area is 220 Å². The van der Waals surface area contributed by atoms with Crippen molar-refractivity contribution in [3.8, 4) is 5.75 Å². The van der Waals surface area contributed by atoms with Crippen molar-refractivity contribution in [1.29, 1.82) is 0 Å². The molecule has 3 N–H and O–H groups in total. The molecule has 4 rings (SSSR count). The molecule has 0 spiro atoms. The highest BCUT2D eigenvalue weighted by Crippen LogP contribution is 2.41. The van der Waals surface area contributed by atoms with Crippen molar-refractivity contribution >= 4 is 28.6 Å². The topological polar surface area (TPSA) is 130 Å². The summed E-state index contributed by atoms with van der Waals surface area (Å²) in [7, 11) is 2.56. The SMILES string of the molecule is CC(C)c1coc([C@H](N=c2[nH][s+]([O-])nc2Nc2ccc(C(F)(F)F)c(C(=O)N(C)C)c2O)C2CCCC2)c1. The van der Waals surface area contributed by atoms with E-state index < -0.39 is 46.1 Å². The minimum atomic E-state index is -4.87. The monoisotopic (exact) mass is 553 g/mol. The number of alkyl halides is 3. The number of rotatable bonds is 7. The third-order valence-electron chi connectivity index (χ3n) is 6.65. The van der Waals surface area contributed by atoms with Crippen molar-refractivity contribution in [3.05, 3.63) is 52.4 Å². The molecule has 1 aromatic carbocycles. The van der Waals surface area contributed by atoms with Gasteiger partial charge >= 0.3 is 6.18 Å². The Morgan fingerprint density at radius 2 is 2.00 bits per heavy atom. The molecule has 1 aliphatic carbocycles. The first kappa shape index (κ1) is 27.7. The highest BCUT2D eigenvalue weighted by molar-refractivity contribution is 7.13. The molecule has 0 radical (unpaired) electrons. The lowest BCUT2D eigenvalue weighted by molar-refractivity contribution is -0.138. The molecule has 2 aromatic heterocycles. The lowest BCUT2D eigenvalue weighted by Gasteiger charge is -2.19. The maximum absolute atomic E-state index is 13.6. The van der Waals surface area contributed by atoms with E-state index in [1.807, 2.05) is 19.9 Å². The van der Waals surface area contributed by atoms with Crippen LogP contribution in [0.25, 0.3) is 0 Å². The van der Waals surface area contributed by atoms with Gasteiger partial charge in [0, 0.05) is 18.5 Å². The molecule has 1 unspecified atom stereocenters. The van der Waals surface area contributed by atoms with E-state index in [4.69, 9.17) is 9.41 Å². The standard InChI is InChI=1S/C25H30F3N5O4S/c1-13(2)15-11-18(37-12-15)20(14-7-5-6-8-14)30-23-22(31-38(36)32-23)29-17-10-9-16(25(26,27)28)19(21(17)34)24(35)33(3)4/h9-14,20,34H,5-8H2,1-4H3,(H,29,31)(H,30,32)/t20-,38?/m1/s1. The van der Waals surface area contributed by atoms with E-state index in [-0.39, 0.29) is 28.8 Å². The molecular formula is C25H30F3N5O4S. The number of hydrogen-bond acceptors (Lipinski definition) is 7. The number of phenolic OH excluding ortho intramolecular Hbond substituents is 1. The van der Waals surface area contributed by atoms with Crippen LogP contribution in [-0.4, -0.2) is 43.3 Å². The Morgan fingerprint density at radius 3 is 2.58 bits per heavy atom. The van der Waals surface area contributed by atoms with Crippen molar-refractivity contribution < 1.29 is 32.0 Å². The van der Waals surface area contributed by atoms with E-state index in [2.05, 4.69) is 14.1 Å². The van der Waals surface area contributed by atoms with E-state index in [9.17, 15) is 27.6 Å². The molecule has 206 valence electrons. The van der Waals surface area contributed by atoms with Gasteiger partial charge in [0.2, 0.25) is 11.3 Å². The number of carbonyl (C=O) groups is 1. The second kappa shape index (κ2) is 10.8. The fraction of sp³-hybridized carbons (Fsp3) is 0.480. The zero-order valence-electron chi connectivity index (χ0n) is 21.4.